The summed E-state index contributed by atoms with van der Waals surface area (Å²) in [6, 6.07) is -0.127. The average molecular weight is 398 g/mol. The third-order valence-corrected chi connectivity index (χ3v) is 5.50. The van der Waals surface area contributed by atoms with E-state index in [0.717, 1.165) is 35.7 Å². The largest absolute Gasteiger partial charge is 0.387 e. The fraction of sp³-hybridized carbons (Fsp3) is 0.733. The summed E-state index contributed by atoms with van der Waals surface area (Å²) in [7, 11) is -3.92. The van der Waals surface area contributed by atoms with Crippen molar-refractivity contribution in [3.05, 3.63) is 24.6 Å². The van der Waals surface area contributed by atoms with Crippen LogP contribution in [-0.2, 0) is 10.1 Å². The number of thioether (sulfide) groups is 2. The van der Waals surface area contributed by atoms with Gasteiger partial charge in [0.25, 0.3) is 10.1 Å². The van der Waals surface area contributed by atoms with Crippen molar-refractivity contribution in [1.82, 2.24) is 10.6 Å². The van der Waals surface area contributed by atoms with Gasteiger partial charge in [0.2, 0.25) is 0 Å². The maximum Gasteiger partial charge on any atom is 0.264 e. The zero-order valence-corrected chi connectivity index (χ0v) is 17.0. The highest BCUT2D eigenvalue weighted by atomic mass is 32.2. The van der Waals surface area contributed by atoms with Crippen LogP contribution in [0.15, 0.2) is 24.6 Å². The molecule has 0 spiro atoms. The van der Waals surface area contributed by atoms with Gasteiger partial charge in [0.05, 0.1) is 11.8 Å². The molecule has 0 saturated carbocycles. The molecule has 0 aliphatic carbocycles. The maximum atomic E-state index is 10.7. The number of rotatable bonds is 15. The van der Waals surface area contributed by atoms with E-state index in [9.17, 15) is 8.42 Å². The molecule has 9 heteroatoms. The molecule has 5 N–H and O–H groups in total. The minimum absolute atomic E-state index is 0.0176. The third kappa shape index (κ3) is 12.1. The summed E-state index contributed by atoms with van der Waals surface area (Å²) < 4.78 is 30.2. The smallest absolute Gasteiger partial charge is 0.264 e. The number of hydrogen-bond donors (Lipinski definition) is 4. The van der Waals surface area contributed by atoms with Gasteiger partial charge in [-0.1, -0.05) is 13.2 Å². The molecule has 0 aromatic carbocycles. The molecule has 0 heterocycles. The Morgan fingerprint density at radius 2 is 1.75 bits per heavy atom. The monoisotopic (exact) mass is 397 g/mol. The average Bonchev–Trinajstić information content (AvgIpc) is 2.51. The normalized spacial score (nSPS) is 14.0. The Labute approximate surface area is 155 Å². The Balaban J connectivity index is 4.46. The van der Waals surface area contributed by atoms with Gasteiger partial charge in [-0.05, 0) is 43.3 Å². The first kappa shape index (κ1) is 23.6. The first-order valence-corrected chi connectivity index (χ1v) is 12.2. The lowest BCUT2D eigenvalue weighted by Crippen LogP contribution is -2.41. The second-order valence-corrected chi connectivity index (χ2v) is 9.03. The molecule has 0 unspecified atom stereocenters. The van der Waals surface area contributed by atoms with Crippen LogP contribution in [-0.4, -0.2) is 61.4 Å². The standard InChI is InChI=1S/C15H31N3O3S3/c1-12(14(16)6-9-22-3)18-15(7-10-23-4)13(2)17-8-5-11-24(19,20)21/h14-15,17-18H,1-2,5-11,16H2,3-4H3,(H,19,20,21)/t14-,15-/m0/s1. The van der Waals surface area contributed by atoms with Gasteiger partial charge < -0.3 is 16.4 Å². The van der Waals surface area contributed by atoms with Gasteiger partial charge in [0, 0.05) is 24.0 Å². The summed E-state index contributed by atoms with van der Waals surface area (Å²) in [5.41, 5.74) is 7.69. The number of hydrogen-bond acceptors (Lipinski definition) is 7. The van der Waals surface area contributed by atoms with E-state index in [-0.39, 0.29) is 17.8 Å². The Bertz CT molecular complexity index is 484. The van der Waals surface area contributed by atoms with Gasteiger partial charge >= 0.3 is 0 Å². The third-order valence-electron chi connectivity index (χ3n) is 3.40. The molecule has 0 saturated heterocycles. The zero-order chi connectivity index (χ0) is 18.6. The summed E-state index contributed by atoms with van der Waals surface area (Å²) in [5.74, 6) is 1.67. The summed E-state index contributed by atoms with van der Waals surface area (Å²) >= 11 is 3.49. The molecule has 0 aliphatic heterocycles. The summed E-state index contributed by atoms with van der Waals surface area (Å²) in [4.78, 5) is 0. The van der Waals surface area contributed by atoms with Crippen LogP contribution in [0.3, 0.4) is 0 Å². The summed E-state index contributed by atoms with van der Waals surface area (Å²) in [6.45, 7) is 8.50. The van der Waals surface area contributed by atoms with E-state index in [0.29, 0.717) is 13.0 Å². The SMILES string of the molecule is C=C(NCCCS(=O)(=O)O)[C@H](CCSC)NC(=C)[C@@H](N)CCSC. The van der Waals surface area contributed by atoms with Crippen LogP contribution >= 0.6 is 23.5 Å². The van der Waals surface area contributed by atoms with Crippen LogP contribution in [0, 0.1) is 0 Å². The van der Waals surface area contributed by atoms with Gasteiger partial charge in [-0.3, -0.25) is 4.55 Å². The van der Waals surface area contributed by atoms with Crippen molar-refractivity contribution in [3.63, 3.8) is 0 Å². The molecule has 6 nitrogen and oxygen atoms in total. The molecule has 0 aromatic heterocycles. The van der Waals surface area contributed by atoms with E-state index in [1.807, 2.05) is 12.5 Å². The van der Waals surface area contributed by atoms with Crippen molar-refractivity contribution in [3.8, 4) is 0 Å². The Morgan fingerprint density at radius 1 is 1.17 bits per heavy atom. The molecule has 0 rings (SSSR count). The second-order valence-electron chi connectivity index (χ2n) is 5.48. The minimum atomic E-state index is -3.92. The van der Waals surface area contributed by atoms with E-state index >= 15 is 0 Å². The molecule has 2 atom stereocenters. The van der Waals surface area contributed by atoms with Gasteiger partial charge in [-0.2, -0.15) is 31.9 Å². The van der Waals surface area contributed by atoms with E-state index < -0.39 is 10.1 Å². The highest BCUT2D eigenvalue weighted by molar-refractivity contribution is 7.98. The molecular weight excluding hydrogens is 366 g/mol. The zero-order valence-electron chi connectivity index (χ0n) is 14.6. The quantitative estimate of drug-likeness (QED) is 0.244. The Kier molecular flexibility index (Phi) is 12.7. The van der Waals surface area contributed by atoms with Crippen LogP contribution < -0.4 is 16.4 Å². The van der Waals surface area contributed by atoms with Gasteiger partial charge in [-0.25, -0.2) is 0 Å². The summed E-state index contributed by atoms with van der Waals surface area (Å²) in [6.07, 6.45) is 6.12. The van der Waals surface area contributed by atoms with E-state index in [1.54, 1.807) is 23.5 Å². The topological polar surface area (TPSA) is 104 Å². The lowest BCUT2D eigenvalue weighted by Gasteiger charge is -2.26. The van der Waals surface area contributed by atoms with Gasteiger partial charge in [0.15, 0.2) is 0 Å². The van der Waals surface area contributed by atoms with Crippen LogP contribution in [0.25, 0.3) is 0 Å². The fourth-order valence-electron chi connectivity index (χ4n) is 1.95. The molecule has 142 valence electrons. The van der Waals surface area contributed by atoms with E-state index in [4.69, 9.17) is 10.3 Å². The first-order valence-electron chi connectivity index (χ1n) is 7.77. The van der Waals surface area contributed by atoms with E-state index in [2.05, 4.69) is 23.8 Å². The molecule has 24 heavy (non-hydrogen) atoms. The molecule has 0 aromatic rings. The van der Waals surface area contributed by atoms with Gasteiger partial charge in [0.1, 0.15) is 0 Å². The van der Waals surface area contributed by atoms with Crippen molar-refractivity contribution in [2.24, 2.45) is 5.73 Å². The Morgan fingerprint density at radius 3 is 2.29 bits per heavy atom. The number of nitrogens with one attached hydrogen (secondary N) is 2. The molecule has 0 amide bonds. The minimum Gasteiger partial charge on any atom is -0.387 e. The number of nitrogens with two attached hydrogens (primary N) is 1. The van der Waals surface area contributed by atoms with Crippen molar-refractivity contribution >= 4 is 33.6 Å². The van der Waals surface area contributed by atoms with E-state index in [1.165, 1.54) is 0 Å². The first-order chi connectivity index (χ1) is 11.2. The van der Waals surface area contributed by atoms with Gasteiger partial charge in [-0.15, -0.1) is 0 Å². The lowest BCUT2D eigenvalue weighted by molar-refractivity contribution is 0.479. The van der Waals surface area contributed by atoms with Crippen LogP contribution in [0.1, 0.15) is 19.3 Å². The second kappa shape index (κ2) is 12.9. The van der Waals surface area contributed by atoms with Crippen molar-refractivity contribution in [2.45, 2.75) is 31.3 Å². The van der Waals surface area contributed by atoms with Crippen molar-refractivity contribution < 1.29 is 13.0 Å². The predicted octanol–water partition coefficient (Wildman–Crippen LogP) is 1.67. The maximum absolute atomic E-state index is 10.7. The molecule has 0 fully saturated rings. The molecule has 0 radical (unpaired) electrons. The van der Waals surface area contributed by atoms with Crippen molar-refractivity contribution in [1.29, 1.82) is 0 Å². The summed E-state index contributed by atoms with van der Waals surface area (Å²) in [5, 5.41) is 6.47. The molecular formula is C15H31N3O3S3. The lowest BCUT2D eigenvalue weighted by atomic mass is 10.1. The van der Waals surface area contributed by atoms with Crippen LogP contribution in [0.5, 0.6) is 0 Å². The van der Waals surface area contributed by atoms with Crippen molar-refractivity contribution in [2.75, 3.05) is 36.3 Å². The Hall–Kier alpha value is -0.350. The predicted molar refractivity (Wildman–Crippen MR) is 108 cm³/mol. The van der Waals surface area contributed by atoms with Crippen LogP contribution in [0.2, 0.25) is 0 Å². The highest BCUT2D eigenvalue weighted by Gasteiger charge is 2.16. The fourth-order valence-corrected chi connectivity index (χ4v) is 3.42. The van der Waals surface area contributed by atoms with Crippen LogP contribution in [0.4, 0.5) is 0 Å². The molecule has 0 aliphatic rings. The molecule has 0 bridgehead atoms. The highest BCUT2D eigenvalue weighted by Crippen LogP contribution is 2.11.